The minimum absolute atomic E-state index is 0.0904. The number of carbonyl (C=O) groups is 1. The van der Waals surface area contributed by atoms with Crippen LogP contribution in [0.1, 0.15) is 16.4 Å². The maximum atomic E-state index is 13.2. The summed E-state index contributed by atoms with van der Waals surface area (Å²) in [5.74, 6) is 1.07. The second-order valence-corrected chi connectivity index (χ2v) is 9.15. The fourth-order valence-electron chi connectivity index (χ4n) is 2.50. The molecule has 3 aromatic rings. The predicted molar refractivity (Wildman–Crippen MR) is 102 cm³/mol. The van der Waals surface area contributed by atoms with Gasteiger partial charge in [-0.2, -0.15) is 4.31 Å². The lowest BCUT2D eigenvalue weighted by Crippen LogP contribution is -2.29. The molecule has 3 rings (SSSR count). The van der Waals surface area contributed by atoms with E-state index in [1.807, 2.05) is 0 Å². The molecular weight excluding hydrogens is 404 g/mol. The van der Waals surface area contributed by atoms with E-state index < -0.39 is 16.1 Å². The number of furan rings is 2. The van der Waals surface area contributed by atoms with E-state index in [-0.39, 0.29) is 17.3 Å². The molecule has 3 aromatic heterocycles. The van der Waals surface area contributed by atoms with Gasteiger partial charge in [0.05, 0.1) is 32.7 Å². The standard InChI is InChI=1S/C18H20N2O6S2/c1-24-18(21)19-9-8-16-6-7-17(27-16)28(22,23)20(12-14-4-2-10-25-14)13-15-5-3-11-26-15/h2-7,10-11H,8-9,12-13H2,1H3,(H,19,21). The fraction of sp³-hybridized carbons (Fsp3) is 0.278. The summed E-state index contributed by atoms with van der Waals surface area (Å²) in [6.07, 6.45) is 2.99. The number of rotatable bonds is 9. The summed E-state index contributed by atoms with van der Waals surface area (Å²) in [5.41, 5.74) is 0. The molecule has 0 fully saturated rings. The highest BCUT2D eigenvalue weighted by molar-refractivity contribution is 7.91. The largest absolute Gasteiger partial charge is 0.468 e. The van der Waals surface area contributed by atoms with Crippen molar-refractivity contribution in [2.45, 2.75) is 23.7 Å². The van der Waals surface area contributed by atoms with Gasteiger partial charge in [0.2, 0.25) is 0 Å². The molecule has 1 amide bonds. The molecule has 150 valence electrons. The maximum Gasteiger partial charge on any atom is 0.406 e. The molecule has 0 aliphatic carbocycles. The lowest BCUT2D eigenvalue weighted by Gasteiger charge is -2.19. The molecular formula is C18H20N2O6S2. The Balaban J connectivity index is 1.75. The Morgan fingerprint density at radius 3 is 2.29 bits per heavy atom. The SMILES string of the molecule is COC(=O)NCCc1ccc(S(=O)(=O)N(Cc2ccco2)Cc2ccco2)s1. The van der Waals surface area contributed by atoms with Crippen molar-refractivity contribution in [3.63, 3.8) is 0 Å². The van der Waals surface area contributed by atoms with Crippen LogP contribution in [0.3, 0.4) is 0 Å². The number of thiophene rings is 1. The Morgan fingerprint density at radius 2 is 1.75 bits per heavy atom. The van der Waals surface area contributed by atoms with Crippen LogP contribution in [0, 0.1) is 0 Å². The van der Waals surface area contributed by atoms with Gasteiger partial charge < -0.3 is 18.9 Å². The Labute approximate surface area is 166 Å². The van der Waals surface area contributed by atoms with E-state index in [4.69, 9.17) is 8.83 Å². The summed E-state index contributed by atoms with van der Waals surface area (Å²) in [6.45, 7) is 0.537. The van der Waals surface area contributed by atoms with Crippen molar-refractivity contribution in [3.05, 3.63) is 65.3 Å². The van der Waals surface area contributed by atoms with Crippen LogP contribution in [0.5, 0.6) is 0 Å². The van der Waals surface area contributed by atoms with Crippen molar-refractivity contribution in [2.24, 2.45) is 0 Å². The normalized spacial score (nSPS) is 11.6. The second kappa shape index (κ2) is 9.09. The van der Waals surface area contributed by atoms with Crippen molar-refractivity contribution in [1.82, 2.24) is 9.62 Å². The van der Waals surface area contributed by atoms with Crippen molar-refractivity contribution in [2.75, 3.05) is 13.7 Å². The van der Waals surface area contributed by atoms with Gasteiger partial charge in [-0.15, -0.1) is 11.3 Å². The first-order chi connectivity index (χ1) is 13.5. The van der Waals surface area contributed by atoms with E-state index in [1.165, 1.54) is 35.3 Å². The molecule has 10 heteroatoms. The highest BCUT2D eigenvalue weighted by atomic mass is 32.2. The molecule has 3 heterocycles. The summed E-state index contributed by atoms with van der Waals surface area (Å²) >= 11 is 1.17. The number of ether oxygens (including phenoxy) is 1. The van der Waals surface area contributed by atoms with Gasteiger partial charge in [0, 0.05) is 11.4 Å². The first-order valence-electron chi connectivity index (χ1n) is 8.44. The maximum absolute atomic E-state index is 13.2. The van der Waals surface area contributed by atoms with Gasteiger partial charge in [-0.25, -0.2) is 13.2 Å². The number of carbonyl (C=O) groups excluding carboxylic acids is 1. The van der Waals surface area contributed by atoms with Gasteiger partial charge in [-0.1, -0.05) is 0 Å². The first kappa shape index (κ1) is 20.2. The minimum Gasteiger partial charge on any atom is -0.468 e. The van der Waals surface area contributed by atoms with Crippen LogP contribution in [-0.2, 0) is 34.3 Å². The quantitative estimate of drug-likeness (QED) is 0.566. The zero-order valence-corrected chi connectivity index (χ0v) is 16.8. The first-order valence-corrected chi connectivity index (χ1v) is 10.7. The lowest BCUT2D eigenvalue weighted by molar-refractivity contribution is 0.171. The lowest BCUT2D eigenvalue weighted by atomic mass is 10.3. The molecule has 0 saturated carbocycles. The van der Waals surface area contributed by atoms with Crippen LogP contribution in [0.25, 0.3) is 0 Å². The van der Waals surface area contributed by atoms with Gasteiger partial charge in [-0.3, -0.25) is 0 Å². The summed E-state index contributed by atoms with van der Waals surface area (Å²) in [4.78, 5) is 11.9. The fourth-order valence-corrected chi connectivity index (χ4v) is 5.38. The molecule has 1 N–H and O–H groups in total. The Hall–Kier alpha value is -2.56. The van der Waals surface area contributed by atoms with E-state index in [1.54, 1.807) is 36.4 Å². The Bertz CT molecular complexity index is 941. The molecule has 0 aliphatic rings. The third-order valence-electron chi connectivity index (χ3n) is 3.88. The van der Waals surface area contributed by atoms with Crippen LogP contribution < -0.4 is 5.32 Å². The van der Waals surface area contributed by atoms with Crippen LogP contribution in [0.2, 0.25) is 0 Å². The number of nitrogens with one attached hydrogen (secondary N) is 1. The highest BCUT2D eigenvalue weighted by Gasteiger charge is 2.28. The number of hydrogen-bond donors (Lipinski definition) is 1. The van der Waals surface area contributed by atoms with Crippen LogP contribution in [0.15, 0.2) is 62.0 Å². The van der Waals surface area contributed by atoms with Gasteiger partial charge in [0.1, 0.15) is 15.7 Å². The van der Waals surface area contributed by atoms with Gasteiger partial charge in [0.15, 0.2) is 0 Å². The average Bonchev–Trinajstić information content (AvgIpc) is 3.44. The number of alkyl carbamates (subject to hydrolysis) is 1. The number of nitrogens with zero attached hydrogens (tertiary/aromatic N) is 1. The van der Waals surface area contributed by atoms with Crippen LogP contribution >= 0.6 is 11.3 Å². The van der Waals surface area contributed by atoms with Crippen molar-refractivity contribution < 1.29 is 26.8 Å². The van der Waals surface area contributed by atoms with E-state index in [0.717, 1.165) is 4.88 Å². The topological polar surface area (TPSA) is 102 Å². The summed E-state index contributed by atoms with van der Waals surface area (Å²) in [6, 6.07) is 10.2. The molecule has 8 nitrogen and oxygen atoms in total. The van der Waals surface area contributed by atoms with E-state index in [2.05, 4.69) is 10.1 Å². The Kier molecular flexibility index (Phi) is 6.55. The molecule has 0 unspecified atom stereocenters. The molecule has 28 heavy (non-hydrogen) atoms. The number of sulfonamides is 1. The van der Waals surface area contributed by atoms with Crippen LogP contribution in [0.4, 0.5) is 4.79 Å². The summed E-state index contributed by atoms with van der Waals surface area (Å²) in [7, 11) is -2.47. The van der Waals surface area contributed by atoms with Crippen molar-refractivity contribution in [1.29, 1.82) is 0 Å². The molecule has 0 atom stereocenters. The molecule has 0 aromatic carbocycles. The minimum atomic E-state index is -3.76. The summed E-state index contributed by atoms with van der Waals surface area (Å²) in [5, 5.41) is 2.57. The molecule has 0 bridgehead atoms. The van der Waals surface area contributed by atoms with Crippen LogP contribution in [-0.4, -0.2) is 32.5 Å². The number of hydrogen-bond acceptors (Lipinski definition) is 7. The second-order valence-electron chi connectivity index (χ2n) is 5.82. The summed E-state index contributed by atoms with van der Waals surface area (Å²) < 4.78 is 43.1. The zero-order valence-electron chi connectivity index (χ0n) is 15.2. The predicted octanol–water partition coefficient (Wildman–Crippen LogP) is 3.22. The third-order valence-corrected chi connectivity index (χ3v) is 7.29. The van der Waals surface area contributed by atoms with E-state index >= 15 is 0 Å². The van der Waals surface area contributed by atoms with E-state index in [0.29, 0.717) is 24.5 Å². The molecule has 0 aliphatic heterocycles. The molecule has 0 radical (unpaired) electrons. The molecule has 0 saturated heterocycles. The smallest absolute Gasteiger partial charge is 0.406 e. The zero-order chi connectivity index (χ0) is 20.0. The third kappa shape index (κ3) is 5.03. The van der Waals surface area contributed by atoms with Gasteiger partial charge in [0.25, 0.3) is 10.0 Å². The molecule has 0 spiro atoms. The number of amides is 1. The number of methoxy groups -OCH3 is 1. The Morgan fingerprint density at radius 1 is 1.11 bits per heavy atom. The monoisotopic (exact) mass is 424 g/mol. The highest BCUT2D eigenvalue weighted by Crippen LogP contribution is 2.28. The van der Waals surface area contributed by atoms with Gasteiger partial charge >= 0.3 is 6.09 Å². The average molecular weight is 425 g/mol. The van der Waals surface area contributed by atoms with Crippen molar-refractivity contribution >= 4 is 27.5 Å². The van der Waals surface area contributed by atoms with Gasteiger partial charge in [-0.05, 0) is 42.8 Å². The van der Waals surface area contributed by atoms with Crippen molar-refractivity contribution in [3.8, 4) is 0 Å². The van der Waals surface area contributed by atoms with E-state index in [9.17, 15) is 13.2 Å².